The molecule has 0 spiro atoms. The molecule has 0 aromatic rings. The normalized spacial score (nSPS) is 13.3. The van der Waals surface area contributed by atoms with E-state index in [0.717, 1.165) is 96.3 Å². The lowest BCUT2D eigenvalue weighted by atomic mass is 10.1. The number of esters is 2. The number of hydrogen-bond acceptors (Lipinski definition) is 5. The second kappa shape index (κ2) is 49.7. The van der Waals surface area contributed by atoms with E-state index < -0.39 is 6.10 Å². The van der Waals surface area contributed by atoms with Crippen LogP contribution in [0.2, 0.25) is 0 Å². The van der Waals surface area contributed by atoms with E-state index in [-0.39, 0.29) is 25.2 Å². The lowest BCUT2D eigenvalue weighted by Crippen LogP contribution is -2.28. The highest BCUT2D eigenvalue weighted by Gasteiger charge is 2.16. The van der Waals surface area contributed by atoms with Crippen molar-refractivity contribution in [2.45, 2.75) is 200 Å². The number of carbonyl (C=O) groups is 2. The van der Waals surface area contributed by atoms with Crippen LogP contribution in [-0.4, -0.2) is 36.4 Å². The van der Waals surface area contributed by atoms with Gasteiger partial charge in [0, 0.05) is 12.8 Å². The zero-order chi connectivity index (χ0) is 43.5. The smallest absolute Gasteiger partial charge is 0.306 e. The molecule has 0 fully saturated rings. The summed E-state index contributed by atoms with van der Waals surface area (Å²) in [5.74, 6) is -0.656. The van der Waals surface area contributed by atoms with Gasteiger partial charge in [-0.05, 0) is 109 Å². The predicted octanol–water partition coefficient (Wildman–Crippen LogP) is 16.0. The Labute approximate surface area is 369 Å². The highest BCUT2D eigenvalue weighted by Crippen LogP contribution is 2.13. The molecule has 0 bridgehead atoms. The summed E-state index contributed by atoms with van der Waals surface area (Å²) in [5, 5.41) is 9.61. The average molecular weight is 829 g/mol. The van der Waals surface area contributed by atoms with E-state index in [9.17, 15) is 14.7 Å². The number of aliphatic hydroxyl groups is 1. The van der Waals surface area contributed by atoms with Gasteiger partial charge in [0.25, 0.3) is 0 Å². The molecular weight excluding hydrogens is 741 g/mol. The maximum Gasteiger partial charge on any atom is 0.306 e. The summed E-state index contributed by atoms with van der Waals surface area (Å²) in [5.41, 5.74) is 0. The van der Waals surface area contributed by atoms with Gasteiger partial charge < -0.3 is 14.6 Å². The molecule has 0 heterocycles. The standard InChI is InChI=1S/C55H88O5/c1-3-5-7-9-11-13-15-17-19-21-23-24-25-26-27-28-29-30-32-34-36-38-40-42-44-46-48-50-55(58)60-53(51-56)52-59-54(57)49-47-45-43-41-39-37-35-33-31-22-20-18-16-14-12-10-8-6-4-2/h5,7,11-14,17-20,23-24,26-27,29-30,34,36,40,42,53,56H,3-4,6,8-10,15-16,21-22,25,28,31-33,35,37-39,41,43-52H2,1-2H3/b7-5-,13-11-,14-12-,19-17-,20-18-,24-23-,27-26-,30-29-,36-34-,42-40-. The monoisotopic (exact) mass is 829 g/mol. The van der Waals surface area contributed by atoms with Crippen molar-refractivity contribution in [2.24, 2.45) is 0 Å². The number of ether oxygens (including phenoxy) is 2. The molecule has 0 radical (unpaired) electrons. The molecular formula is C55H88O5. The minimum atomic E-state index is -0.806. The van der Waals surface area contributed by atoms with Gasteiger partial charge >= 0.3 is 11.9 Å². The van der Waals surface area contributed by atoms with E-state index in [4.69, 9.17) is 9.47 Å². The maximum absolute atomic E-state index is 12.2. The zero-order valence-electron chi connectivity index (χ0n) is 38.4. The van der Waals surface area contributed by atoms with E-state index in [2.05, 4.69) is 135 Å². The Morgan fingerprint density at radius 3 is 1.12 bits per heavy atom. The van der Waals surface area contributed by atoms with Crippen LogP contribution in [0.1, 0.15) is 194 Å². The fourth-order valence-electron chi connectivity index (χ4n) is 6.13. The Balaban J connectivity index is 3.69. The molecule has 0 aliphatic carbocycles. The molecule has 1 N–H and O–H groups in total. The van der Waals surface area contributed by atoms with Crippen molar-refractivity contribution in [3.63, 3.8) is 0 Å². The zero-order valence-corrected chi connectivity index (χ0v) is 38.4. The first-order chi connectivity index (χ1) is 29.6. The maximum atomic E-state index is 12.2. The lowest BCUT2D eigenvalue weighted by Gasteiger charge is -2.15. The lowest BCUT2D eigenvalue weighted by molar-refractivity contribution is -0.161. The summed E-state index contributed by atoms with van der Waals surface area (Å²) in [7, 11) is 0. The number of aliphatic hydroxyl groups excluding tert-OH is 1. The van der Waals surface area contributed by atoms with Gasteiger partial charge in [0.1, 0.15) is 6.61 Å². The molecule has 0 amide bonds. The van der Waals surface area contributed by atoms with Gasteiger partial charge in [-0.1, -0.05) is 193 Å². The van der Waals surface area contributed by atoms with Crippen molar-refractivity contribution in [3.05, 3.63) is 122 Å². The van der Waals surface area contributed by atoms with E-state index in [1.165, 1.54) is 70.6 Å². The van der Waals surface area contributed by atoms with E-state index in [1.54, 1.807) is 0 Å². The van der Waals surface area contributed by atoms with Crippen LogP contribution in [0, 0.1) is 0 Å². The van der Waals surface area contributed by atoms with Crippen molar-refractivity contribution in [2.75, 3.05) is 13.2 Å². The Bertz CT molecular complexity index is 1260. The van der Waals surface area contributed by atoms with Gasteiger partial charge in [0.15, 0.2) is 6.10 Å². The first-order valence-electron chi connectivity index (χ1n) is 24.1. The van der Waals surface area contributed by atoms with Crippen LogP contribution in [0.3, 0.4) is 0 Å². The second-order valence-electron chi connectivity index (χ2n) is 15.4. The van der Waals surface area contributed by atoms with E-state index in [1.807, 2.05) is 0 Å². The summed E-state index contributed by atoms with van der Waals surface area (Å²) in [6.07, 6.45) is 72.7. The number of carbonyl (C=O) groups excluding carboxylic acids is 2. The summed E-state index contributed by atoms with van der Waals surface area (Å²) in [6.45, 7) is 3.95. The Kier molecular flexibility index (Phi) is 46.6. The third-order valence-electron chi connectivity index (χ3n) is 9.74. The number of unbranched alkanes of at least 4 members (excludes halogenated alkanes) is 14. The molecule has 338 valence electrons. The van der Waals surface area contributed by atoms with Crippen molar-refractivity contribution in [1.82, 2.24) is 0 Å². The Morgan fingerprint density at radius 2 is 0.717 bits per heavy atom. The molecule has 1 unspecified atom stereocenters. The fraction of sp³-hybridized carbons (Fsp3) is 0.600. The van der Waals surface area contributed by atoms with Crippen LogP contribution >= 0.6 is 0 Å². The molecule has 0 saturated heterocycles. The topological polar surface area (TPSA) is 72.8 Å². The van der Waals surface area contributed by atoms with Gasteiger partial charge in [-0.15, -0.1) is 0 Å². The largest absolute Gasteiger partial charge is 0.462 e. The highest BCUT2D eigenvalue weighted by molar-refractivity contribution is 5.70. The molecule has 60 heavy (non-hydrogen) atoms. The number of hydrogen-bond donors (Lipinski definition) is 1. The van der Waals surface area contributed by atoms with Gasteiger partial charge in [-0.3, -0.25) is 9.59 Å². The summed E-state index contributed by atoms with van der Waals surface area (Å²) < 4.78 is 10.6. The molecule has 5 heteroatoms. The van der Waals surface area contributed by atoms with Gasteiger partial charge in [0.05, 0.1) is 6.61 Å². The van der Waals surface area contributed by atoms with Crippen LogP contribution in [-0.2, 0) is 19.1 Å². The summed E-state index contributed by atoms with van der Waals surface area (Å²) in [4.78, 5) is 24.4. The first kappa shape index (κ1) is 56.3. The SMILES string of the molecule is CC/C=C\C/C=C\C/C=C\C/C=C\C/C=C\C/C=C\C/C=C\C/C=C\CCCCC(=O)OC(CO)COC(=O)CCCCCCCCCCC/C=C\C/C=C\CCCCC. The van der Waals surface area contributed by atoms with Crippen molar-refractivity contribution >= 4 is 11.9 Å². The minimum Gasteiger partial charge on any atom is -0.462 e. The van der Waals surface area contributed by atoms with Crippen molar-refractivity contribution < 1.29 is 24.2 Å². The van der Waals surface area contributed by atoms with Crippen LogP contribution in [0.25, 0.3) is 0 Å². The van der Waals surface area contributed by atoms with Crippen molar-refractivity contribution in [3.8, 4) is 0 Å². The first-order valence-corrected chi connectivity index (χ1v) is 24.1. The van der Waals surface area contributed by atoms with Crippen molar-refractivity contribution in [1.29, 1.82) is 0 Å². The molecule has 5 nitrogen and oxygen atoms in total. The minimum absolute atomic E-state index is 0.0939. The van der Waals surface area contributed by atoms with Crippen LogP contribution in [0.15, 0.2) is 122 Å². The van der Waals surface area contributed by atoms with Crippen LogP contribution in [0.4, 0.5) is 0 Å². The number of rotatable bonds is 42. The van der Waals surface area contributed by atoms with E-state index >= 15 is 0 Å². The second-order valence-corrected chi connectivity index (χ2v) is 15.4. The quantitative estimate of drug-likeness (QED) is 0.0377. The molecule has 0 aromatic heterocycles. The molecule has 0 rings (SSSR count). The van der Waals surface area contributed by atoms with Crippen LogP contribution in [0.5, 0.6) is 0 Å². The number of allylic oxidation sites excluding steroid dienone is 20. The third kappa shape index (κ3) is 47.0. The Hall–Kier alpha value is -3.70. The molecule has 0 aliphatic heterocycles. The molecule has 0 aromatic carbocycles. The average Bonchev–Trinajstić information content (AvgIpc) is 3.25. The molecule has 0 saturated carbocycles. The highest BCUT2D eigenvalue weighted by atomic mass is 16.6. The summed E-state index contributed by atoms with van der Waals surface area (Å²) in [6, 6.07) is 0. The van der Waals surface area contributed by atoms with Crippen LogP contribution < -0.4 is 0 Å². The van der Waals surface area contributed by atoms with Gasteiger partial charge in [-0.25, -0.2) is 0 Å². The van der Waals surface area contributed by atoms with Gasteiger partial charge in [-0.2, -0.15) is 0 Å². The van der Waals surface area contributed by atoms with E-state index in [0.29, 0.717) is 12.8 Å². The summed E-state index contributed by atoms with van der Waals surface area (Å²) >= 11 is 0. The van der Waals surface area contributed by atoms with Gasteiger partial charge in [0.2, 0.25) is 0 Å². The molecule has 1 atom stereocenters. The third-order valence-corrected chi connectivity index (χ3v) is 9.74. The molecule has 0 aliphatic rings. The predicted molar refractivity (Wildman–Crippen MR) is 260 cm³/mol. The Morgan fingerprint density at radius 1 is 0.400 bits per heavy atom. The fourth-order valence-corrected chi connectivity index (χ4v) is 6.13.